The molecule has 0 saturated carbocycles. The Morgan fingerprint density at radius 2 is 2.15 bits per heavy atom. The SMILES string of the molecule is Cc1c(Cl)nc(OCCCc2nc3n(n2)C=CCC3)nc1NCC(C)(C)O. The maximum absolute atomic E-state index is 9.86. The summed E-state index contributed by atoms with van der Waals surface area (Å²) in [4.78, 5) is 13.1. The van der Waals surface area contributed by atoms with Crippen molar-refractivity contribution in [3.8, 4) is 6.01 Å². The second-order valence-electron chi connectivity index (χ2n) is 7.20. The highest BCUT2D eigenvalue weighted by Gasteiger charge is 2.16. The molecular formula is C18H25ClN6O2. The fourth-order valence-electron chi connectivity index (χ4n) is 2.59. The number of nitrogens with one attached hydrogen (secondary N) is 1. The minimum absolute atomic E-state index is 0.212. The zero-order valence-corrected chi connectivity index (χ0v) is 16.6. The first-order chi connectivity index (χ1) is 12.8. The molecule has 1 aliphatic rings. The molecule has 3 rings (SSSR count). The van der Waals surface area contributed by atoms with Crippen LogP contribution in [0, 0.1) is 6.92 Å². The van der Waals surface area contributed by atoms with E-state index in [1.165, 1.54) is 0 Å². The Bertz CT molecular complexity index is 828. The number of halogens is 1. The molecule has 0 saturated heterocycles. The van der Waals surface area contributed by atoms with Crippen LogP contribution in [0.25, 0.3) is 6.20 Å². The quantitative estimate of drug-likeness (QED) is 0.526. The average molecular weight is 393 g/mol. The number of anilines is 1. The van der Waals surface area contributed by atoms with E-state index in [0.29, 0.717) is 29.7 Å². The number of aromatic nitrogens is 5. The first kappa shape index (κ1) is 19.6. The summed E-state index contributed by atoms with van der Waals surface area (Å²) < 4.78 is 7.49. The van der Waals surface area contributed by atoms with Crippen LogP contribution in [0.5, 0.6) is 6.01 Å². The molecule has 0 fully saturated rings. The molecule has 146 valence electrons. The van der Waals surface area contributed by atoms with E-state index in [1.54, 1.807) is 13.8 Å². The first-order valence-corrected chi connectivity index (χ1v) is 9.44. The number of hydrogen-bond donors (Lipinski definition) is 2. The molecule has 1 aliphatic heterocycles. The molecular weight excluding hydrogens is 368 g/mol. The number of ether oxygens (including phenoxy) is 1. The van der Waals surface area contributed by atoms with Gasteiger partial charge in [0.15, 0.2) is 5.82 Å². The van der Waals surface area contributed by atoms with E-state index in [4.69, 9.17) is 16.3 Å². The molecule has 2 aromatic heterocycles. The molecule has 0 radical (unpaired) electrons. The zero-order valence-electron chi connectivity index (χ0n) is 15.9. The number of aliphatic hydroxyl groups is 1. The summed E-state index contributed by atoms with van der Waals surface area (Å²) in [5, 5.41) is 17.7. The fraction of sp³-hybridized carbons (Fsp3) is 0.556. The third kappa shape index (κ3) is 5.40. The van der Waals surface area contributed by atoms with Crippen LogP contribution >= 0.6 is 11.6 Å². The van der Waals surface area contributed by atoms with Gasteiger partial charge in [-0.3, -0.25) is 0 Å². The van der Waals surface area contributed by atoms with Crippen LogP contribution in [0.1, 0.15) is 43.9 Å². The molecule has 0 amide bonds. The lowest BCUT2D eigenvalue weighted by Gasteiger charge is -2.19. The summed E-state index contributed by atoms with van der Waals surface area (Å²) in [6.07, 6.45) is 7.45. The Morgan fingerprint density at radius 3 is 2.89 bits per heavy atom. The predicted molar refractivity (Wildman–Crippen MR) is 104 cm³/mol. The summed E-state index contributed by atoms with van der Waals surface area (Å²) >= 11 is 6.17. The summed E-state index contributed by atoms with van der Waals surface area (Å²) in [6, 6.07) is 0.212. The van der Waals surface area contributed by atoms with Crippen molar-refractivity contribution in [2.24, 2.45) is 0 Å². The Labute approximate surface area is 163 Å². The van der Waals surface area contributed by atoms with E-state index in [2.05, 4.69) is 31.4 Å². The number of hydrogen-bond acceptors (Lipinski definition) is 7. The van der Waals surface area contributed by atoms with Crippen molar-refractivity contribution in [1.29, 1.82) is 0 Å². The fourth-order valence-corrected chi connectivity index (χ4v) is 2.75. The van der Waals surface area contributed by atoms with Gasteiger partial charge >= 0.3 is 6.01 Å². The standard InChI is InChI=1S/C18H25ClN6O2/c1-12-15(19)22-17(23-16(12)20-11-18(2,3)26)27-10-6-7-13-21-14-8-4-5-9-25(14)24-13/h5,9,26H,4,6-8,10-11H2,1-3H3,(H,20,22,23). The van der Waals surface area contributed by atoms with E-state index in [1.807, 2.05) is 17.8 Å². The second-order valence-corrected chi connectivity index (χ2v) is 7.56. The van der Waals surface area contributed by atoms with Gasteiger partial charge in [-0.15, -0.1) is 0 Å². The predicted octanol–water partition coefficient (Wildman–Crippen LogP) is 2.64. The lowest BCUT2D eigenvalue weighted by atomic mass is 10.1. The molecule has 9 heteroatoms. The van der Waals surface area contributed by atoms with E-state index in [-0.39, 0.29) is 6.01 Å². The van der Waals surface area contributed by atoms with E-state index < -0.39 is 5.60 Å². The smallest absolute Gasteiger partial charge is 0.319 e. The minimum atomic E-state index is -0.864. The van der Waals surface area contributed by atoms with Crippen molar-refractivity contribution in [2.75, 3.05) is 18.5 Å². The van der Waals surface area contributed by atoms with Gasteiger partial charge in [0, 0.05) is 31.1 Å². The average Bonchev–Trinajstić information content (AvgIpc) is 3.02. The van der Waals surface area contributed by atoms with Gasteiger partial charge in [0.2, 0.25) is 0 Å². The lowest BCUT2D eigenvalue weighted by molar-refractivity contribution is 0.0944. The van der Waals surface area contributed by atoms with Crippen LogP contribution in [-0.2, 0) is 12.8 Å². The van der Waals surface area contributed by atoms with Crippen molar-refractivity contribution >= 4 is 23.6 Å². The molecule has 0 spiro atoms. The van der Waals surface area contributed by atoms with Crippen LogP contribution in [0.2, 0.25) is 5.15 Å². The normalized spacial score (nSPS) is 13.5. The van der Waals surface area contributed by atoms with Gasteiger partial charge in [0.1, 0.15) is 16.8 Å². The van der Waals surface area contributed by atoms with Gasteiger partial charge in [-0.25, -0.2) is 9.67 Å². The van der Waals surface area contributed by atoms with Crippen LogP contribution < -0.4 is 10.1 Å². The van der Waals surface area contributed by atoms with Crippen molar-refractivity contribution in [2.45, 2.75) is 52.1 Å². The third-order valence-corrected chi connectivity index (χ3v) is 4.43. The molecule has 0 unspecified atom stereocenters. The lowest BCUT2D eigenvalue weighted by Crippen LogP contribution is -2.30. The van der Waals surface area contributed by atoms with Crippen molar-refractivity contribution < 1.29 is 9.84 Å². The van der Waals surface area contributed by atoms with Crippen LogP contribution in [0.15, 0.2) is 6.08 Å². The summed E-state index contributed by atoms with van der Waals surface area (Å²) in [6.45, 7) is 6.02. The largest absolute Gasteiger partial charge is 0.463 e. The van der Waals surface area contributed by atoms with Crippen LogP contribution in [-0.4, -0.2) is 48.6 Å². The highest BCUT2D eigenvalue weighted by molar-refractivity contribution is 6.30. The van der Waals surface area contributed by atoms with E-state index in [0.717, 1.165) is 37.3 Å². The molecule has 0 atom stereocenters. The van der Waals surface area contributed by atoms with E-state index in [9.17, 15) is 5.11 Å². The Kier molecular flexibility index (Phi) is 5.96. The zero-order chi connectivity index (χ0) is 19.4. The molecule has 0 aliphatic carbocycles. The number of fused-ring (bicyclic) bond motifs is 1. The number of rotatable bonds is 8. The van der Waals surface area contributed by atoms with Gasteiger partial charge in [-0.1, -0.05) is 17.7 Å². The summed E-state index contributed by atoms with van der Waals surface area (Å²) in [5.74, 6) is 2.38. The Balaban J connectivity index is 1.53. The monoisotopic (exact) mass is 392 g/mol. The molecule has 0 aromatic carbocycles. The summed E-state index contributed by atoms with van der Waals surface area (Å²) in [5.41, 5.74) is -0.148. The van der Waals surface area contributed by atoms with Gasteiger partial charge in [-0.2, -0.15) is 15.1 Å². The summed E-state index contributed by atoms with van der Waals surface area (Å²) in [7, 11) is 0. The van der Waals surface area contributed by atoms with Crippen LogP contribution in [0.3, 0.4) is 0 Å². The van der Waals surface area contributed by atoms with Crippen molar-refractivity contribution in [3.05, 3.63) is 28.4 Å². The van der Waals surface area contributed by atoms with Gasteiger partial charge in [0.05, 0.1) is 12.2 Å². The van der Waals surface area contributed by atoms with Gasteiger partial charge in [0.25, 0.3) is 0 Å². The highest BCUT2D eigenvalue weighted by atomic mass is 35.5. The first-order valence-electron chi connectivity index (χ1n) is 9.06. The minimum Gasteiger partial charge on any atom is -0.463 e. The van der Waals surface area contributed by atoms with Crippen LogP contribution in [0.4, 0.5) is 5.82 Å². The van der Waals surface area contributed by atoms with Crippen molar-refractivity contribution in [1.82, 2.24) is 24.7 Å². The molecule has 2 aromatic rings. The van der Waals surface area contributed by atoms with Gasteiger partial charge < -0.3 is 15.2 Å². The molecule has 2 N–H and O–H groups in total. The molecule has 0 bridgehead atoms. The van der Waals surface area contributed by atoms with E-state index >= 15 is 0 Å². The Hall–Kier alpha value is -2.19. The number of allylic oxidation sites excluding steroid dienone is 1. The molecule has 3 heterocycles. The molecule has 27 heavy (non-hydrogen) atoms. The Morgan fingerprint density at radius 1 is 1.33 bits per heavy atom. The third-order valence-electron chi connectivity index (χ3n) is 4.06. The maximum atomic E-state index is 9.86. The maximum Gasteiger partial charge on any atom is 0.319 e. The topological polar surface area (TPSA) is 98.0 Å². The van der Waals surface area contributed by atoms with Gasteiger partial charge in [-0.05, 0) is 33.6 Å². The number of nitrogens with zero attached hydrogens (tertiary/aromatic N) is 5. The van der Waals surface area contributed by atoms with Crippen molar-refractivity contribution in [3.63, 3.8) is 0 Å². The highest BCUT2D eigenvalue weighted by Crippen LogP contribution is 2.23. The second kappa shape index (κ2) is 8.22. The number of aryl methyl sites for hydroxylation is 2. The molecule has 8 nitrogen and oxygen atoms in total.